The maximum atomic E-state index is 5.28. The highest BCUT2D eigenvalue weighted by Gasteiger charge is 2.17. The van der Waals surface area contributed by atoms with Gasteiger partial charge in [-0.3, -0.25) is 4.98 Å². The van der Waals surface area contributed by atoms with Crippen LogP contribution >= 0.6 is 0 Å². The van der Waals surface area contributed by atoms with Gasteiger partial charge in [-0.25, -0.2) is 9.97 Å². The van der Waals surface area contributed by atoms with Crippen molar-refractivity contribution in [2.24, 2.45) is 0 Å². The van der Waals surface area contributed by atoms with Gasteiger partial charge in [0.1, 0.15) is 0 Å². The third kappa shape index (κ3) is 6.40. The van der Waals surface area contributed by atoms with Crippen LogP contribution in [-0.4, -0.2) is 15.0 Å². The summed E-state index contributed by atoms with van der Waals surface area (Å²) in [6.45, 7) is 2.03. The fraction of sp³-hybridized carbons (Fsp3) is 0.0179. The summed E-state index contributed by atoms with van der Waals surface area (Å²) in [6.07, 6.45) is 1.87. The van der Waals surface area contributed by atoms with Crippen LogP contribution in [0.4, 0.5) is 0 Å². The first-order valence-corrected chi connectivity index (χ1v) is 20.1. The minimum atomic E-state index is 0.687. The Labute approximate surface area is 343 Å². The minimum absolute atomic E-state index is 0.687. The lowest BCUT2D eigenvalue weighted by molar-refractivity contribution is 1.18. The van der Waals surface area contributed by atoms with Gasteiger partial charge in [-0.2, -0.15) is 0 Å². The molecule has 59 heavy (non-hydrogen) atoms. The number of pyridine rings is 1. The van der Waals surface area contributed by atoms with Gasteiger partial charge in [0.25, 0.3) is 0 Å². The molecule has 3 nitrogen and oxygen atoms in total. The van der Waals surface area contributed by atoms with Gasteiger partial charge in [0.2, 0.25) is 0 Å². The molecule has 0 N–H and O–H groups in total. The molecule has 0 atom stereocenters. The van der Waals surface area contributed by atoms with Crippen molar-refractivity contribution in [3.63, 3.8) is 0 Å². The molecule has 3 heteroatoms. The molecule has 11 aromatic rings. The van der Waals surface area contributed by atoms with Gasteiger partial charge in [-0.05, 0) is 126 Å². The van der Waals surface area contributed by atoms with Crippen molar-refractivity contribution in [3.05, 3.63) is 212 Å². The monoisotopic (exact) mass is 751 g/mol. The Balaban J connectivity index is 1.09. The van der Waals surface area contributed by atoms with Crippen LogP contribution in [0.3, 0.4) is 0 Å². The zero-order valence-corrected chi connectivity index (χ0v) is 32.5. The summed E-state index contributed by atoms with van der Waals surface area (Å²) in [5, 5.41) is 7.58. The van der Waals surface area contributed by atoms with Crippen LogP contribution in [0, 0.1) is 6.92 Å². The highest BCUT2D eigenvalue weighted by atomic mass is 14.9. The van der Waals surface area contributed by atoms with Crippen LogP contribution in [0.5, 0.6) is 0 Å². The van der Waals surface area contributed by atoms with Gasteiger partial charge < -0.3 is 0 Å². The predicted molar refractivity (Wildman–Crippen MR) is 246 cm³/mol. The second-order valence-corrected chi connectivity index (χ2v) is 15.3. The summed E-state index contributed by atoms with van der Waals surface area (Å²) in [5.41, 5.74) is 15.1. The zero-order valence-electron chi connectivity index (χ0n) is 32.5. The molecule has 0 unspecified atom stereocenters. The largest absolute Gasteiger partial charge is 0.262 e. The summed E-state index contributed by atoms with van der Waals surface area (Å²) < 4.78 is 0. The minimum Gasteiger partial charge on any atom is -0.262 e. The maximum absolute atomic E-state index is 5.28. The first-order valence-electron chi connectivity index (χ1n) is 20.1. The number of aryl methyl sites for hydroxylation is 1. The molecular weight excluding hydrogens is 715 g/mol. The smallest absolute Gasteiger partial charge is 0.160 e. The van der Waals surface area contributed by atoms with Crippen molar-refractivity contribution < 1.29 is 0 Å². The standard InChI is InChI=1S/C56H37N3/c1-36-30-45(28-29-57-36)39-22-18-37(19-23-39)38-20-24-40(25-21-38)47-31-48(51-34-46-16-8-14-43-26-27-44-15-9-17-50(51)55(44)54(43)46)33-49(32-47)56-58-52(41-10-4-2-5-11-41)35-53(59-56)42-12-6-3-7-13-42/h2-35H,1H3. The molecule has 276 valence electrons. The Morgan fingerprint density at radius 1 is 0.322 bits per heavy atom. The van der Waals surface area contributed by atoms with Crippen molar-refractivity contribution >= 4 is 32.3 Å². The predicted octanol–water partition coefficient (Wildman–Crippen LogP) is 14.7. The van der Waals surface area contributed by atoms with Crippen molar-refractivity contribution in [3.8, 4) is 78.4 Å². The van der Waals surface area contributed by atoms with E-state index in [-0.39, 0.29) is 0 Å². The summed E-state index contributed by atoms with van der Waals surface area (Å²) in [4.78, 5) is 14.9. The van der Waals surface area contributed by atoms with Crippen molar-refractivity contribution in [2.75, 3.05) is 0 Å². The van der Waals surface area contributed by atoms with Gasteiger partial charge in [0.05, 0.1) is 11.4 Å². The number of rotatable bonds is 7. The number of hydrogen-bond acceptors (Lipinski definition) is 3. The maximum Gasteiger partial charge on any atom is 0.160 e. The van der Waals surface area contributed by atoms with E-state index in [9.17, 15) is 0 Å². The molecule has 0 fully saturated rings. The van der Waals surface area contributed by atoms with E-state index in [1.54, 1.807) is 0 Å². The Morgan fingerprint density at radius 3 is 1.47 bits per heavy atom. The quantitative estimate of drug-likeness (QED) is 0.152. The van der Waals surface area contributed by atoms with Gasteiger partial charge >= 0.3 is 0 Å². The van der Waals surface area contributed by atoms with Crippen molar-refractivity contribution in [1.82, 2.24) is 15.0 Å². The van der Waals surface area contributed by atoms with Gasteiger partial charge in [-0.1, -0.05) is 158 Å². The Bertz CT molecular complexity index is 3240. The first kappa shape index (κ1) is 34.5. The fourth-order valence-electron chi connectivity index (χ4n) is 8.60. The molecule has 0 radical (unpaired) electrons. The molecule has 11 rings (SSSR count). The average molecular weight is 752 g/mol. The number of aromatic nitrogens is 3. The van der Waals surface area contributed by atoms with E-state index < -0.39 is 0 Å². The average Bonchev–Trinajstić information content (AvgIpc) is 3.31. The SMILES string of the molecule is Cc1cc(-c2ccc(-c3ccc(-c4cc(-c5nc(-c6ccccc6)cc(-c6ccccc6)n5)cc(-c5cc6cccc7ccc8cccc5c8c76)c4)cc3)cc2)ccn1. The summed E-state index contributed by atoms with van der Waals surface area (Å²) in [6, 6.07) is 71.8. The lowest BCUT2D eigenvalue weighted by atomic mass is 9.87. The Morgan fingerprint density at radius 2 is 0.847 bits per heavy atom. The van der Waals surface area contributed by atoms with Crippen LogP contribution in [0.15, 0.2) is 206 Å². The molecule has 0 aliphatic rings. The van der Waals surface area contributed by atoms with Gasteiger partial charge in [0, 0.05) is 28.6 Å². The van der Waals surface area contributed by atoms with E-state index in [0.29, 0.717) is 5.82 Å². The van der Waals surface area contributed by atoms with Crippen molar-refractivity contribution in [2.45, 2.75) is 6.92 Å². The summed E-state index contributed by atoms with van der Waals surface area (Å²) in [5.74, 6) is 0.687. The van der Waals surface area contributed by atoms with Crippen LogP contribution in [0.1, 0.15) is 5.69 Å². The van der Waals surface area contributed by atoms with Crippen LogP contribution in [0.25, 0.3) is 111 Å². The topological polar surface area (TPSA) is 38.7 Å². The van der Waals surface area contributed by atoms with E-state index in [1.165, 1.54) is 60.1 Å². The summed E-state index contributed by atoms with van der Waals surface area (Å²) >= 11 is 0. The van der Waals surface area contributed by atoms with Crippen molar-refractivity contribution in [1.29, 1.82) is 0 Å². The lowest BCUT2D eigenvalue weighted by Gasteiger charge is -2.17. The number of nitrogens with zero attached hydrogens (tertiary/aromatic N) is 3. The van der Waals surface area contributed by atoms with Crippen LogP contribution in [-0.2, 0) is 0 Å². The van der Waals surface area contributed by atoms with Crippen LogP contribution < -0.4 is 0 Å². The molecule has 0 spiro atoms. The highest BCUT2D eigenvalue weighted by molar-refractivity contribution is 6.26. The molecule has 0 amide bonds. The fourth-order valence-corrected chi connectivity index (χ4v) is 8.60. The molecule has 0 saturated carbocycles. The lowest BCUT2D eigenvalue weighted by Crippen LogP contribution is -1.97. The van der Waals surface area contributed by atoms with Gasteiger partial charge in [-0.15, -0.1) is 0 Å². The Hall–Kier alpha value is -7.75. The second kappa shape index (κ2) is 14.3. The first-order chi connectivity index (χ1) is 29.1. The third-order valence-corrected chi connectivity index (χ3v) is 11.5. The van der Waals surface area contributed by atoms with Gasteiger partial charge in [0.15, 0.2) is 5.82 Å². The third-order valence-electron chi connectivity index (χ3n) is 11.5. The van der Waals surface area contributed by atoms with E-state index >= 15 is 0 Å². The molecular formula is C56H37N3. The molecule has 0 aliphatic heterocycles. The molecule has 2 heterocycles. The molecule has 0 bridgehead atoms. The Kier molecular flexibility index (Phi) is 8.37. The molecule has 0 aliphatic carbocycles. The van der Waals surface area contributed by atoms with E-state index in [1.807, 2.05) is 25.3 Å². The second-order valence-electron chi connectivity index (χ2n) is 15.3. The van der Waals surface area contributed by atoms with E-state index in [4.69, 9.17) is 9.97 Å². The molecule has 0 saturated heterocycles. The highest BCUT2D eigenvalue weighted by Crippen LogP contribution is 2.42. The van der Waals surface area contributed by atoms with E-state index in [2.05, 4.69) is 193 Å². The molecule has 9 aromatic carbocycles. The normalized spacial score (nSPS) is 11.5. The molecule has 2 aromatic heterocycles. The van der Waals surface area contributed by atoms with Crippen LogP contribution in [0.2, 0.25) is 0 Å². The summed E-state index contributed by atoms with van der Waals surface area (Å²) in [7, 11) is 0. The number of benzene rings is 9. The zero-order chi connectivity index (χ0) is 39.3. The van der Waals surface area contributed by atoms with E-state index in [0.717, 1.165) is 50.5 Å². The number of hydrogen-bond donors (Lipinski definition) is 0.